The third kappa shape index (κ3) is 6.39. The highest BCUT2D eigenvalue weighted by atomic mass is 35.5. The van der Waals surface area contributed by atoms with Crippen LogP contribution in [0.3, 0.4) is 0 Å². The third-order valence-electron chi connectivity index (χ3n) is 4.49. The molecule has 1 heterocycles. The summed E-state index contributed by atoms with van der Waals surface area (Å²) in [4.78, 5) is 26.8. The van der Waals surface area contributed by atoms with Gasteiger partial charge in [0.25, 0.3) is 5.91 Å². The average Bonchev–Trinajstić information content (AvgIpc) is 3.29. The van der Waals surface area contributed by atoms with Crippen LogP contribution in [0, 0.1) is 0 Å². The van der Waals surface area contributed by atoms with Crippen molar-refractivity contribution in [2.75, 3.05) is 13.7 Å². The maximum Gasteiger partial charge on any atom is 0.338 e. The molecule has 3 aromatic rings. The Morgan fingerprint density at radius 2 is 1.84 bits per heavy atom. The first-order valence-electron chi connectivity index (χ1n) is 9.53. The van der Waals surface area contributed by atoms with Crippen molar-refractivity contribution in [2.45, 2.75) is 18.0 Å². The molecule has 0 saturated heterocycles. The number of rotatable bonds is 9. The zero-order chi connectivity index (χ0) is 23.1. The van der Waals surface area contributed by atoms with Crippen molar-refractivity contribution in [2.24, 2.45) is 0 Å². The molecular formula is C22H21ClN2O5S2. The summed E-state index contributed by atoms with van der Waals surface area (Å²) in [7, 11) is -2.37. The van der Waals surface area contributed by atoms with Crippen LogP contribution in [0.1, 0.15) is 20.8 Å². The van der Waals surface area contributed by atoms with E-state index in [1.165, 1.54) is 28.4 Å². The lowest BCUT2D eigenvalue weighted by Crippen LogP contribution is -2.30. The molecule has 2 aromatic carbocycles. The molecule has 0 aliphatic rings. The molecule has 0 radical (unpaired) electrons. The van der Waals surface area contributed by atoms with Gasteiger partial charge in [0, 0.05) is 18.5 Å². The van der Waals surface area contributed by atoms with Gasteiger partial charge in [-0.2, -0.15) is 0 Å². The Bertz CT molecular complexity index is 1180. The minimum atomic E-state index is -3.98. The zero-order valence-corrected chi connectivity index (χ0v) is 19.5. The fraction of sp³-hybridized carbons (Fsp3) is 0.182. The maximum atomic E-state index is 12.7. The number of nitrogens with zero attached hydrogens (tertiary/aromatic N) is 1. The number of thiophene rings is 1. The van der Waals surface area contributed by atoms with Crippen LogP contribution in [-0.2, 0) is 32.6 Å². The van der Waals surface area contributed by atoms with Crippen molar-refractivity contribution in [1.82, 2.24) is 9.62 Å². The Morgan fingerprint density at radius 1 is 1.09 bits per heavy atom. The molecule has 1 aromatic heterocycles. The highest BCUT2D eigenvalue weighted by molar-refractivity contribution is 7.89. The number of hydrogen-bond acceptors (Lipinski definition) is 6. The molecule has 168 valence electrons. The lowest BCUT2D eigenvalue weighted by Gasteiger charge is -2.16. The second-order valence-electron chi connectivity index (χ2n) is 6.86. The predicted octanol–water partition coefficient (Wildman–Crippen LogP) is 3.70. The molecule has 7 nitrogen and oxygen atoms in total. The van der Waals surface area contributed by atoms with Gasteiger partial charge in [-0.05, 0) is 35.2 Å². The highest BCUT2D eigenvalue weighted by Crippen LogP contribution is 2.23. The molecule has 10 heteroatoms. The fourth-order valence-electron chi connectivity index (χ4n) is 2.73. The molecule has 1 amide bonds. The van der Waals surface area contributed by atoms with Gasteiger partial charge in [-0.25, -0.2) is 17.9 Å². The topological polar surface area (TPSA) is 92.8 Å². The summed E-state index contributed by atoms with van der Waals surface area (Å²) in [5.74, 6) is -1.20. The third-order valence-corrected chi connectivity index (χ3v) is 7.24. The summed E-state index contributed by atoms with van der Waals surface area (Å²) in [6, 6.07) is 16.6. The van der Waals surface area contributed by atoms with Crippen LogP contribution >= 0.6 is 22.9 Å². The van der Waals surface area contributed by atoms with E-state index in [0.717, 1.165) is 16.5 Å². The van der Waals surface area contributed by atoms with Gasteiger partial charge in [-0.1, -0.05) is 48.0 Å². The second-order valence-corrected chi connectivity index (χ2v) is 10.0. The van der Waals surface area contributed by atoms with Gasteiger partial charge in [0.2, 0.25) is 10.0 Å². The summed E-state index contributed by atoms with van der Waals surface area (Å²) in [6.45, 7) is 0.0153. The monoisotopic (exact) mass is 492 g/mol. The molecular weight excluding hydrogens is 472 g/mol. The summed E-state index contributed by atoms with van der Waals surface area (Å²) < 4.78 is 32.9. The van der Waals surface area contributed by atoms with E-state index in [-0.39, 0.29) is 27.9 Å². The van der Waals surface area contributed by atoms with Crippen LogP contribution in [0.15, 0.2) is 70.9 Å². The normalized spacial score (nSPS) is 11.2. The summed E-state index contributed by atoms with van der Waals surface area (Å²) in [6.07, 6.45) is 0. The van der Waals surface area contributed by atoms with Gasteiger partial charge in [0.05, 0.1) is 17.1 Å². The number of hydrogen-bond donors (Lipinski definition) is 1. The van der Waals surface area contributed by atoms with Crippen LogP contribution in [0.4, 0.5) is 0 Å². The highest BCUT2D eigenvalue weighted by Gasteiger charge is 2.21. The molecule has 0 unspecified atom stereocenters. The first kappa shape index (κ1) is 23.9. The van der Waals surface area contributed by atoms with E-state index in [9.17, 15) is 18.0 Å². The van der Waals surface area contributed by atoms with E-state index in [1.54, 1.807) is 31.3 Å². The number of sulfonamides is 1. The van der Waals surface area contributed by atoms with Crippen molar-refractivity contribution in [3.8, 4) is 0 Å². The van der Waals surface area contributed by atoms with Crippen molar-refractivity contribution in [3.63, 3.8) is 0 Å². The van der Waals surface area contributed by atoms with E-state index >= 15 is 0 Å². The number of carbonyl (C=O) groups excluding carboxylic acids is 2. The van der Waals surface area contributed by atoms with Gasteiger partial charge < -0.3 is 9.64 Å². The Hall–Kier alpha value is -2.72. The van der Waals surface area contributed by atoms with Gasteiger partial charge in [0.15, 0.2) is 6.61 Å². The molecule has 0 saturated carbocycles. The van der Waals surface area contributed by atoms with Crippen LogP contribution in [0.5, 0.6) is 0 Å². The van der Waals surface area contributed by atoms with Crippen molar-refractivity contribution >= 4 is 44.8 Å². The number of benzene rings is 2. The summed E-state index contributed by atoms with van der Waals surface area (Å²) in [5.41, 5.74) is 0.746. The number of carbonyl (C=O) groups is 2. The van der Waals surface area contributed by atoms with E-state index in [4.69, 9.17) is 16.3 Å². The minimum absolute atomic E-state index is 0.0248. The molecule has 0 aliphatic heterocycles. The number of amides is 1. The number of esters is 1. The summed E-state index contributed by atoms with van der Waals surface area (Å²) in [5, 5.41) is 1.88. The van der Waals surface area contributed by atoms with E-state index in [0.29, 0.717) is 6.54 Å². The number of likely N-dealkylation sites (N-methyl/N-ethyl adjacent to an activating group) is 1. The lowest BCUT2D eigenvalue weighted by atomic mass is 10.2. The second kappa shape index (κ2) is 10.7. The van der Waals surface area contributed by atoms with Crippen LogP contribution in [0.2, 0.25) is 5.02 Å². The Morgan fingerprint density at radius 3 is 2.53 bits per heavy atom. The first-order valence-corrected chi connectivity index (χ1v) is 12.3. The van der Waals surface area contributed by atoms with Gasteiger partial charge in [-0.15, -0.1) is 11.3 Å². The van der Waals surface area contributed by atoms with E-state index in [1.807, 2.05) is 23.6 Å². The van der Waals surface area contributed by atoms with E-state index < -0.39 is 22.6 Å². The molecule has 0 aliphatic carbocycles. The van der Waals surface area contributed by atoms with Crippen LogP contribution in [0.25, 0.3) is 0 Å². The molecule has 32 heavy (non-hydrogen) atoms. The van der Waals surface area contributed by atoms with Crippen LogP contribution < -0.4 is 4.72 Å². The molecule has 0 bridgehead atoms. The number of halogens is 1. The van der Waals surface area contributed by atoms with E-state index in [2.05, 4.69) is 4.72 Å². The largest absolute Gasteiger partial charge is 0.452 e. The average molecular weight is 493 g/mol. The molecule has 0 spiro atoms. The van der Waals surface area contributed by atoms with Gasteiger partial charge in [0.1, 0.15) is 4.90 Å². The number of nitrogens with one attached hydrogen (secondary N) is 1. The van der Waals surface area contributed by atoms with Gasteiger partial charge in [-0.3, -0.25) is 4.79 Å². The van der Waals surface area contributed by atoms with Crippen LogP contribution in [-0.4, -0.2) is 38.8 Å². The minimum Gasteiger partial charge on any atom is -0.452 e. The summed E-state index contributed by atoms with van der Waals surface area (Å²) >= 11 is 7.59. The molecule has 0 atom stereocenters. The maximum absolute atomic E-state index is 12.7. The quantitative estimate of drug-likeness (QED) is 0.460. The Kier molecular flexibility index (Phi) is 8.03. The zero-order valence-electron chi connectivity index (χ0n) is 17.2. The number of ether oxygens (including phenoxy) is 1. The first-order chi connectivity index (χ1) is 15.3. The predicted molar refractivity (Wildman–Crippen MR) is 123 cm³/mol. The molecule has 1 N–H and O–H groups in total. The van der Waals surface area contributed by atoms with Crippen molar-refractivity contribution < 1.29 is 22.7 Å². The standard InChI is InChI=1S/C22H21ClN2O5S2/c1-25(14-18-8-5-11-31-18)21(26)15-30-22(27)17-9-10-19(23)20(12-17)32(28,29)24-13-16-6-3-2-4-7-16/h2-12,24H,13-15H2,1H3. The molecule has 3 rings (SSSR count). The SMILES string of the molecule is CN(Cc1cccs1)C(=O)COC(=O)c1ccc(Cl)c(S(=O)(=O)NCc2ccccc2)c1. The molecule has 0 fully saturated rings. The Labute approximate surface area is 195 Å². The fourth-order valence-corrected chi connectivity index (χ4v) is 5.03. The lowest BCUT2D eigenvalue weighted by molar-refractivity contribution is -0.133. The van der Waals surface area contributed by atoms with Crippen molar-refractivity contribution in [1.29, 1.82) is 0 Å². The smallest absolute Gasteiger partial charge is 0.338 e. The van der Waals surface area contributed by atoms with Crippen molar-refractivity contribution in [3.05, 3.63) is 87.1 Å². The Balaban J connectivity index is 1.63. The van der Waals surface area contributed by atoms with Gasteiger partial charge >= 0.3 is 5.97 Å².